The molecule has 49 heavy (non-hydrogen) atoms. The number of rotatable bonds is 3. The molecule has 0 aliphatic heterocycles. The SMILES string of the molecule is c1ccc(-n2c3cc4c(cc3c3ccc5ccccc5c32)c2ccccc2n4-c2cccc(-c3cccc4oc5ccccc5c34)c2)cc1. The molecule has 3 nitrogen and oxygen atoms in total. The van der Waals surface area contributed by atoms with Gasteiger partial charge in [0.05, 0.1) is 22.1 Å². The molecule has 0 unspecified atom stereocenters. The Labute approximate surface area is 281 Å². The molecule has 0 bridgehead atoms. The van der Waals surface area contributed by atoms with Crippen molar-refractivity contribution in [2.45, 2.75) is 0 Å². The molecule has 0 N–H and O–H groups in total. The van der Waals surface area contributed by atoms with Crippen LogP contribution in [0.1, 0.15) is 0 Å². The van der Waals surface area contributed by atoms with Gasteiger partial charge in [0.15, 0.2) is 0 Å². The van der Waals surface area contributed by atoms with Crippen LogP contribution in [0.2, 0.25) is 0 Å². The Kier molecular flexibility index (Phi) is 5.38. The van der Waals surface area contributed by atoms with E-state index in [1.54, 1.807) is 0 Å². The molecule has 11 aromatic rings. The highest BCUT2D eigenvalue weighted by Crippen LogP contribution is 2.42. The monoisotopic (exact) mass is 624 g/mol. The molecule has 0 aliphatic carbocycles. The molecular formula is C46H28N2O. The summed E-state index contributed by atoms with van der Waals surface area (Å²) in [7, 11) is 0. The van der Waals surface area contributed by atoms with Crippen molar-refractivity contribution in [3.63, 3.8) is 0 Å². The summed E-state index contributed by atoms with van der Waals surface area (Å²) in [6.07, 6.45) is 0. The first-order valence-corrected chi connectivity index (χ1v) is 16.8. The second-order valence-electron chi connectivity index (χ2n) is 12.9. The highest BCUT2D eigenvalue weighted by molar-refractivity contribution is 6.23. The van der Waals surface area contributed by atoms with Gasteiger partial charge < -0.3 is 13.6 Å². The molecule has 8 aromatic carbocycles. The molecule has 3 aromatic heterocycles. The number of benzene rings is 8. The topological polar surface area (TPSA) is 23.0 Å². The summed E-state index contributed by atoms with van der Waals surface area (Å²) in [4.78, 5) is 0. The molecule has 0 spiro atoms. The highest BCUT2D eigenvalue weighted by atomic mass is 16.3. The molecular weight excluding hydrogens is 597 g/mol. The van der Waals surface area contributed by atoms with Crippen molar-refractivity contribution >= 4 is 76.3 Å². The predicted octanol–water partition coefficient (Wildman–Crippen LogP) is 12.6. The standard InChI is InChI=1S/C46H28N2O/c1-2-14-31(15-3-1)48-42-28-41-38(27-39(42)36-25-24-29-12-4-5-17-34(29)46(36)48)35-18-6-8-21-40(35)47(41)32-16-10-13-30(26-32)33-20-11-23-44-45(33)37-19-7-9-22-43(37)49-44/h1-28H. The van der Waals surface area contributed by atoms with Gasteiger partial charge in [-0.2, -0.15) is 0 Å². The molecule has 0 fully saturated rings. The lowest BCUT2D eigenvalue weighted by Gasteiger charge is -2.12. The van der Waals surface area contributed by atoms with Crippen LogP contribution in [0.5, 0.6) is 0 Å². The van der Waals surface area contributed by atoms with Crippen molar-refractivity contribution in [1.29, 1.82) is 0 Å². The number of para-hydroxylation sites is 3. The summed E-state index contributed by atoms with van der Waals surface area (Å²) >= 11 is 0. The Balaban J connectivity index is 1.24. The van der Waals surface area contributed by atoms with Crippen molar-refractivity contribution in [1.82, 2.24) is 9.13 Å². The van der Waals surface area contributed by atoms with Crippen LogP contribution in [-0.4, -0.2) is 9.13 Å². The first-order chi connectivity index (χ1) is 24.3. The van der Waals surface area contributed by atoms with Crippen LogP contribution in [0.15, 0.2) is 174 Å². The largest absolute Gasteiger partial charge is 0.456 e. The van der Waals surface area contributed by atoms with Crippen LogP contribution in [0.25, 0.3) is 98.8 Å². The van der Waals surface area contributed by atoms with E-state index in [4.69, 9.17) is 4.42 Å². The molecule has 0 atom stereocenters. The quantitative estimate of drug-likeness (QED) is 0.192. The maximum atomic E-state index is 6.27. The lowest BCUT2D eigenvalue weighted by Crippen LogP contribution is -1.96. The zero-order chi connectivity index (χ0) is 32.1. The Morgan fingerprint density at radius 1 is 0.367 bits per heavy atom. The summed E-state index contributed by atoms with van der Waals surface area (Å²) < 4.78 is 11.2. The van der Waals surface area contributed by atoms with Gasteiger partial charge >= 0.3 is 0 Å². The zero-order valence-electron chi connectivity index (χ0n) is 26.5. The van der Waals surface area contributed by atoms with E-state index in [2.05, 4.69) is 167 Å². The van der Waals surface area contributed by atoms with Crippen molar-refractivity contribution in [2.24, 2.45) is 0 Å². The van der Waals surface area contributed by atoms with Gasteiger partial charge in [0.25, 0.3) is 0 Å². The summed E-state index contributed by atoms with van der Waals surface area (Å²) in [5, 5.41) is 9.80. The minimum absolute atomic E-state index is 0.907. The summed E-state index contributed by atoms with van der Waals surface area (Å²) in [5.41, 5.74) is 11.2. The summed E-state index contributed by atoms with van der Waals surface area (Å²) in [5.74, 6) is 0. The molecule has 0 radical (unpaired) electrons. The van der Waals surface area contributed by atoms with Crippen LogP contribution in [0.3, 0.4) is 0 Å². The van der Waals surface area contributed by atoms with E-state index in [0.717, 1.165) is 38.9 Å². The first kappa shape index (κ1) is 26.5. The van der Waals surface area contributed by atoms with Crippen LogP contribution >= 0.6 is 0 Å². The van der Waals surface area contributed by atoms with Gasteiger partial charge in [0.2, 0.25) is 0 Å². The maximum Gasteiger partial charge on any atom is 0.136 e. The fraction of sp³-hybridized carbons (Fsp3) is 0. The normalized spacial score (nSPS) is 12.1. The minimum atomic E-state index is 0.907. The van der Waals surface area contributed by atoms with Crippen molar-refractivity contribution < 1.29 is 4.42 Å². The van der Waals surface area contributed by atoms with E-state index < -0.39 is 0 Å². The van der Waals surface area contributed by atoms with E-state index in [1.165, 1.54) is 59.9 Å². The maximum absolute atomic E-state index is 6.27. The zero-order valence-corrected chi connectivity index (χ0v) is 26.5. The smallest absolute Gasteiger partial charge is 0.136 e. The average Bonchev–Trinajstić information content (AvgIpc) is 3.82. The molecule has 0 saturated heterocycles. The van der Waals surface area contributed by atoms with Crippen LogP contribution in [0, 0.1) is 0 Å². The number of hydrogen-bond donors (Lipinski definition) is 0. The van der Waals surface area contributed by atoms with Gasteiger partial charge in [0, 0.05) is 49.1 Å². The van der Waals surface area contributed by atoms with Crippen LogP contribution < -0.4 is 0 Å². The summed E-state index contributed by atoms with van der Waals surface area (Å²) in [6.45, 7) is 0. The van der Waals surface area contributed by atoms with E-state index in [-0.39, 0.29) is 0 Å². The van der Waals surface area contributed by atoms with E-state index in [0.29, 0.717) is 0 Å². The van der Waals surface area contributed by atoms with Gasteiger partial charge in [-0.3, -0.25) is 0 Å². The summed E-state index contributed by atoms with van der Waals surface area (Å²) in [6, 6.07) is 61.3. The van der Waals surface area contributed by atoms with E-state index in [1.807, 2.05) is 12.1 Å². The minimum Gasteiger partial charge on any atom is -0.456 e. The lowest BCUT2D eigenvalue weighted by atomic mass is 9.99. The number of aromatic nitrogens is 2. The van der Waals surface area contributed by atoms with Gasteiger partial charge in [-0.1, -0.05) is 115 Å². The van der Waals surface area contributed by atoms with Crippen LogP contribution in [0.4, 0.5) is 0 Å². The van der Waals surface area contributed by atoms with Crippen LogP contribution in [-0.2, 0) is 0 Å². The Hall–Kier alpha value is -6.58. The van der Waals surface area contributed by atoms with Gasteiger partial charge in [0.1, 0.15) is 11.2 Å². The van der Waals surface area contributed by atoms with Gasteiger partial charge in [-0.15, -0.1) is 0 Å². The van der Waals surface area contributed by atoms with E-state index >= 15 is 0 Å². The van der Waals surface area contributed by atoms with Gasteiger partial charge in [-0.05, 0) is 71.1 Å². The molecule has 3 heterocycles. The predicted molar refractivity (Wildman–Crippen MR) is 205 cm³/mol. The molecule has 3 heteroatoms. The lowest BCUT2D eigenvalue weighted by molar-refractivity contribution is 0.669. The van der Waals surface area contributed by atoms with E-state index in [9.17, 15) is 0 Å². The Morgan fingerprint density at radius 3 is 1.98 bits per heavy atom. The first-order valence-electron chi connectivity index (χ1n) is 16.8. The third kappa shape index (κ3) is 3.73. The number of fused-ring (bicyclic) bond motifs is 11. The molecule has 0 saturated carbocycles. The molecule has 0 amide bonds. The molecule has 228 valence electrons. The third-order valence-electron chi connectivity index (χ3n) is 10.3. The molecule has 11 rings (SSSR count). The van der Waals surface area contributed by atoms with Crippen molar-refractivity contribution in [2.75, 3.05) is 0 Å². The number of hydrogen-bond acceptors (Lipinski definition) is 1. The van der Waals surface area contributed by atoms with Gasteiger partial charge in [-0.25, -0.2) is 0 Å². The second-order valence-corrected chi connectivity index (χ2v) is 12.9. The molecule has 0 aliphatic rings. The number of furan rings is 1. The highest BCUT2D eigenvalue weighted by Gasteiger charge is 2.20. The third-order valence-corrected chi connectivity index (χ3v) is 10.3. The Bertz CT molecular complexity index is 3100. The second kappa shape index (κ2) is 9.96. The Morgan fingerprint density at radius 2 is 1.06 bits per heavy atom. The van der Waals surface area contributed by atoms with Crippen molar-refractivity contribution in [3.8, 4) is 22.5 Å². The number of nitrogens with zero attached hydrogens (tertiary/aromatic N) is 2. The fourth-order valence-electron chi connectivity index (χ4n) is 8.19. The van der Waals surface area contributed by atoms with Crippen molar-refractivity contribution in [3.05, 3.63) is 170 Å². The fourth-order valence-corrected chi connectivity index (χ4v) is 8.19. The average molecular weight is 625 g/mol.